The summed E-state index contributed by atoms with van der Waals surface area (Å²) in [6.45, 7) is 7.07. The van der Waals surface area contributed by atoms with Crippen LogP contribution in [0.15, 0.2) is 23.2 Å². The van der Waals surface area contributed by atoms with Gasteiger partial charge in [0.05, 0.1) is 16.5 Å². The lowest BCUT2D eigenvalue weighted by atomic mass is 10.0. The van der Waals surface area contributed by atoms with Gasteiger partial charge in [-0.2, -0.15) is 5.10 Å². The SMILES string of the molecule is CC(C)(C)n1nc(-c2noc(C3CC3)c2-c2ncc([C@H]3CCN(C(=O)O)C3)cn2)c2c(N)ncnc21. The van der Waals surface area contributed by atoms with E-state index in [0.717, 1.165) is 30.6 Å². The molecule has 1 aliphatic heterocycles. The van der Waals surface area contributed by atoms with E-state index >= 15 is 0 Å². The summed E-state index contributed by atoms with van der Waals surface area (Å²) < 4.78 is 7.67. The average molecular weight is 490 g/mol. The van der Waals surface area contributed by atoms with Crippen LogP contribution in [-0.2, 0) is 5.54 Å². The van der Waals surface area contributed by atoms with Crippen LogP contribution in [0.4, 0.5) is 10.6 Å². The topological polar surface area (TPSA) is 162 Å². The molecule has 3 N–H and O–H groups in total. The molecule has 4 aromatic heterocycles. The van der Waals surface area contributed by atoms with E-state index in [1.807, 2.05) is 25.5 Å². The molecule has 0 spiro atoms. The molecule has 186 valence electrons. The van der Waals surface area contributed by atoms with Gasteiger partial charge in [-0.1, -0.05) is 5.16 Å². The zero-order valence-electron chi connectivity index (χ0n) is 20.3. The first-order valence-corrected chi connectivity index (χ1v) is 12.0. The van der Waals surface area contributed by atoms with Crippen molar-refractivity contribution in [3.05, 3.63) is 30.0 Å². The molecule has 36 heavy (non-hydrogen) atoms. The monoisotopic (exact) mass is 489 g/mol. The van der Waals surface area contributed by atoms with E-state index in [0.29, 0.717) is 52.7 Å². The normalized spacial score (nSPS) is 18.3. The summed E-state index contributed by atoms with van der Waals surface area (Å²) in [4.78, 5) is 30.7. The number of nitrogens with zero attached hydrogens (tertiary/aromatic N) is 8. The molecule has 12 nitrogen and oxygen atoms in total. The summed E-state index contributed by atoms with van der Waals surface area (Å²) in [5.41, 5.74) is 9.22. The van der Waals surface area contributed by atoms with Gasteiger partial charge in [-0.05, 0) is 45.6 Å². The zero-order valence-corrected chi connectivity index (χ0v) is 20.3. The van der Waals surface area contributed by atoms with Crippen LogP contribution in [0, 0.1) is 0 Å². The first-order chi connectivity index (χ1) is 17.2. The third kappa shape index (κ3) is 3.64. The maximum atomic E-state index is 11.3. The van der Waals surface area contributed by atoms with E-state index in [1.54, 1.807) is 12.4 Å². The van der Waals surface area contributed by atoms with Crippen molar-refractivity contribution in [3.63, 3.8) is 0 Å². The molecule has 4 aromatic rings. The molecule has 0 bridgehead atoms. The number of fused-ring (bicyclic) bond motifs is 1. The summed E-state index contributed by atoms with van der Waals surface area (Å²) in [6, 6.07) is 0. The highest BCUT2D eigenvalue weighted by Crippen LogP contribution is 2.48. The highest BCUT2D eigenvalue weighted by atomic mass is 16.5. The van der Waals surface area contributed by atoms with Crippen LogP contribution in [0.1, 0.15) is 63.2 Å². The molecular formula is C24H27N9O3. The van der Waals surface area contributed by atoms with Gasteiger partial charge in [-0.3, -0.25) is 0 Å². The number of likely N-dealkylation sites (tertiary alicyclic amines) is 1. The van der Waals surface area contributed by atoms with Crippen molar-refractivity contribution >= 4 is 22.9 Å². The highest BCUT2D eigenvalue weighted by molar-refractivity contribution is 6.00. The zero-order chi connectivity index (χ0) is 25.2. The Labute approximate surface area is 206 Å². The van der Waals surface area contributed by atoms with Crippen LogP contribution in [-0.4, -0.2) is 64.1 Å². The van der Waals surface area contributed by atoms with Crippen molar-refractivity contribution < 1.29 is 14.4 Å². The van der Waals surface area contributed by atoms with E-state index in [9.17, 15) is 9.90 Å². The summed E-state index contributed by atoms with van der Waals surface area (Å²) >= 11 is 0. The molecule has 1 amide bonds. The molecular weight excluding hydrogens is 462 g/mol. The maximum absolute atomic E-state index is 11.3. The van der Waals surface area contributed by atoms with Crippen molar-refractivity contribution in [2.75, 3.05) is 18.8 Å². The van der Waals surface area contributed by atoms with Crippen LogP contribution in [0.3, 0.4) is 0 Å². The molecule has 1 saturated carbocycles. The minimum absolute atomic E-state index is 0.0726. The van der Waals surface area contributed by atoms with E-state index < -0.39 is 6.09 Å². The van der Waals surface area contributed by atoms with Gasteiger partial charge in [0.25, 0.3) is 0 Å². The molecule has 0 unspecified atom stereocenters. The van der Waals surface area contributed by atoms with E-state index in [2.05, 4.69) is 25.1 Å². The number of carboxylic acid groups (broad SMARTS) is 1. The van der Waals surface area contributed by atoms with Gasteiger partial charge in [0.15, 0.2) is 17.2 Å². The minimum Gasteiger partial charge on any atom is -0.465 e. The molecule has 2 aliphatic rings. The third-order valence-corrected chi connectivity index (χ3v) is 6.85. The van der Waals surface area contributed by atoms with Gasteiger partial charge in [0.2, 0.25) is 0 Å². The number of nitrogens with two attached hydrogens (primary N) is 1. The fraction of sp³-hybridized carbons (Fsp3) is 0.458. The number of hydrogen-bond acceptors (Lipinski definition) is 9. The third-order valence-electron chi connectivity index (χ3n) is 6.85. The molecule has 2 fully saturated rings. The fourth-order valence-electron chi connectivity index (χ4n) is 4.80. The van der Waals surface area contributed by atoms with Crippen molar-refractivity contribution in [2.45, 2.75) is 57.4 Å². The number of carbonyl (C=O) groups is 1. The summed E-state index contributed by atoms with van der Waals surface area (Å²) in [5.74, 6) is 1.87. The first kappa shape index (κ1) is 22.4. The van der Waals surface area contributed by atoms with Gasteiger partial charge in [0.1, 0.15) is 23.5 Å². The number of amides is 1. The second kappa shape index (κ2) is 7.97. The Balaban J connectivity index is 1.46. The van der Waals surface area contributed by atoms with Crippen molar-refractivity contribution in [3.8, 4) is 22.8 Å². The lowest BCUT2D eigenvalue weighted by molar-refractivity contribution is 0.155. The van der Waals surface area contributed by atoms with E-state index in [-0.39, 0.29) is 17.4 Å². The molecule has 6 rings (SSSR count). The highest BCUT2D eigenvalue weighted by Gasteiger charge is 2.37. The number of hydrogen-bond donors (Lipinski definition) is 2. The van der Waals surface area contributed by atoms with Gasteiger partial charge in [-0.15, -0.1) is 0 Å². The predicted molar refractivity (Wildman–Crippen MR) is 130 cm³/mol. The van der Waals surface area contributed by atoms with Crippen molar-refractivity contribution in [1.29, 1.82) is 0 Å². The van der Waals surface area contributed by atoms with Gasteiger partial charge >= 0.3 is 6.09 Å². The predicted octanol–water partition coefficient (Wildman–Crippen LogP) is 3.62. The van der Waals surface area contributed by atoms with Gasteiger partial charge in [-0.25, -0.2) is 29.4 Å². The van der Waals surface area contributed by atoms with Gasteiger partial charge in [0, 0.05) is 37.3 Å². The Morgan fingerprint density at radius 1 is 1.08 bits per heavy atom. The number of aromatic nitrogens is 7. The maximum Gasteiger partial charge on any atom is 0.407 e. The first-order valence-electron chi connectivity index (χ1n) is 12.0. The van der Waals surface area contributed by atoms with Crippen molar-refractivity contribution in [2.24, 2.45) is 0 Å². The standard InChI is InChI=1S/C24H27N9O3/c1-24(2,3)33-22-16(20(25)28-11-29-22)17(30-33)18-15(19(36-31-18)12-4-5-12)21-26-8-14(9-27-21)13-6-7-32(10-13)23(34)35/h8-9,11-13H,4-7,10H2,1-3H3,(H,34,35)(H2,25,28,29)/t13-/m0/s1. The second-order valence-corrected chi connectivity index (χ2v) is 10.5. The molecule has 5 heterocycles. The summed E-state index contributed by atoms with van der Waals surface area (Å²) in [6.07, 6.45) is 6.84. The Bertz CT molecular complexity index is 1460. The minimum atomic E-state index is -0.900. The quantitative estimate of drug-likeness (QED) is 0.433. The summed E-state index contributed by atoms with van der Waals surface area (Å²) in [5, 5.41) is 19.2. The lowest BCUT2D eigenvalue weighted by Gasteiger charge is -2.19. The Kier molecular flexibility index (Phi) is 4.95. The smallest absolute Gasteiger partial charge is 0.407 e. The number of anilines is 1. The molecule has 0 aromatic carbocycles. The molecule has 1 atom stereocenters. The molecule has 0 radical (unpaired) electrons. The molecule has 12 heteroatoms. The average Bonchev–Trinajstić information content (AvgIpc) is 3.24. The Hall–Kier alpha value is -4.09. The number of rotatable bonds is 4. The molecule has 1 aliphatic carbocycles. The van der Waals surface area contributed by atoms with Crippen LogP contribution in [0.5, 0.6) is 0 Å². The second-order valence-electron chi connectivity index (χ2n) is 10.5. The van der Waals surface area contributed by atoms with Crippen LogP contribution < -0.4 is 5.73 Å². The van der Waals surface area contributed by atoms with E-state index in [1.165, 1.54) is 11.2 Å². The van der Waals surface area contributed by atoms with Gasteiger partial charge < -0.3 is 20.3 Å². The van der Waals surface area contributed by atoms with Crippen molar-refractivity contribution in [1.82, 2.24) is 39.8 Å². The van der Waals surface area contributed by atoms with Crippen LogP contribution in [0.2, 0.25) is 0 Å². The fourth-order valence-corrected chi connectivity index (χ4v) is 4.80. The number of nitrogen functional groups attached to an aromatic ring is 1. The largest absolute Gasteiger partial charge is 0.465 e. The van der Waals surface area contributed by atoms with Crippen LogP contribution >= 0.6 is 0 Å². The Morgan fingerprint density at radius 2 is 1.83 bits per heavy atom. The lowest BCUT2D eigenvalue weighted by Crippen LogP contribution is -2.26. The molecule has 1 saturated heterocycles. The van der Waals surface area contributed by atoms with E-state index in [4.69, 9.17) is 15.4 Å². The summed E-state index contributed by atoms with van der Waals surface area (Å²) in [7, 11) is 0. The Morgan fingerprint density at radius 3 is 2.47 bits per heavy atom. The van der Waals surface area contributed by atoms with Crippen LogP contribution in [0.25, 0.3) is 33.8 Å².